The van der Waals surface area contributed by atoms with Crippen LogP contribution in [0.15, 0.2) is 60.8 Å². The molecular formula is C53H92O6. The lowest BCUT2D eigenvalue weighted by Gasteiger charge is -2.18. The maximum Gasteiger partial charge on any atom is 0.306 e. The average molecular weight is 825 g/mol. The van der Waals surface area contributed by atoms with Crippen LogP contribution in [0.5, 0.6) is 0 Å². The minimum Gasteiger partial charge on any atom is -0.462 e. The molecular weight excluding hydrogens is 733 g/mol. The lowest BCUT2D eigenvalue weighted by atomic mass is 10.0. The molecule has 0 rings (SSSR count). The van der Waals surface area contributed by atoms with E-state index in [0.29, 0.717) is 19.3 Å². The van der Waals surface area contributed by atoms with Crippen LogP contribution in [-0.4, -0.2) is 37.2 Å². The van der Waals surface area contributed by atoms with E-state index in [1.165, 1.54) is 116 Å². The lowest BCUT2D eigenvalue weighted by molar-refractivity contribution is -0.167. The Kier molecular flexibility index (Phi) is 45.4. The maximum atomic E-state index is 12.8. The third kappa shape index (κ3) is 46.0. The van der Waals surface area contributed by atoms with E-state index in [1.807, 2.05) is 0 Å². The summed E-state index contributed by atoms with van der Waals surface area (Å²) >= 11 is 0. The van der Waals surface area contributed by atoms with E-state index in [2.05, 4.69) is 81.5 Å². The molecule has 0 aliphatic heterocycles. The number of carbonyl (C=O) groups is 3. The summed E-state index contributed by atoms with van der Waals surface area (Å²) in [5.74, 6) is -0.947. The van der Waals surface area contributed by atoms with E-state index in [4.69, 9.17) is 14.2 Å². The molecule has 0 spiro atoms. The summed E-state index contributed by atoms with van der Waals surface area (Å²) in [7, 11) is 0. The predicted octanol–water partition coefficient (Wildman–Crippen LogP) is 16.1. The van der Waals surface area contributed by atoms with Crippen LogP contribution >= 0.6 is 0 Å². The molecule has 6 heteroatoms. The number of esters is 3. The number of unbranched alkanes of at least 4 members (excludes halogenated alkanes) is 23. The molecule has 59 heavy (non-hydrogen) atoms. The number of carbonyl (C=O) groups excluding carboxylic acids is 3. The normalized spacial score (nSPS) is 12.5. The van der Waals surface area contributed by atoms with Gasteiger partial charge in [-0.1, -0.05) is 223 Å². The third-order valence-electron chi connectivity index (χ3n) is 10.5. The second kappa shape index (κ2) is 47.8. The minimum absolute atomic E-state index is 0.0889. The van der Waals surface area contributed by atoms with Gasteiger partial charge in [0.1, 0.15) is 13.2 Å². The molecule has 0 bridgehead atoms. The van der Waals surface area contributed by atoms with Gasteiger partial charge in [-0.05, 0) is 57.8 Å². The van der Waals surface area contributed by atoms with Gasteiger partial charge >= 0.3 is 17.9 Å². The Labute approximate surface area is 364 Å². The topological polar surface area (TPSA) is 78.9 Å². The van der Waals surface area contributed by atoms with E-state index in [1.54, 1.807) is 0 Å². The SMILES string of the molecule is CC/C=C\C/C=C\C/C=C\C/C=C\C/C=C\CCCC(=O)OC[C@@H](COC(=O)CCCCCCCCCCCC)OC(=O)CCCCCCCCCCCCCCCC. The molecule has 0 aliphatic rings. The first kappa shape index (κ1) is 56.1. The highest BCUT2D eigenvalue weighted by Gasteiger charge is 2.19. The zero-order valence-electron chi connectivity index (χ0n) is 38.8. The smallest absolute Gasteiger partial charge is 0.306 e. The molecule has 1 atom stereocenters. The van der Waals surface area contributed by atoms with E-state index in [0.717, 1.165) is 77.0 Å². The highest BCUT2D eigenvalue weighted by atomic mass is 16.6. The maximum absolute atomic E-state index is 12.8. The molecule has 0 aromatic rings. The average Bonchev–Trinajstić information content (AvgIpc) is 3.23. The van der Waals surface area contributed by atoms with E-state index >= 15 is 0 Å². The van der Waals surface area contributed by atoms with Gasteiger partial charge in [-0.25, -0.2) is 0 Å². The highest BCUT2D eigenvalue weighted by Crippen LogP contribution is 2.15. The Morgan fingerprint density at radius 3 is 1.03 bits per heavy atom. The summed E-state index contributed by atoms with van der Waals surface area (Å²) < 4.78 is 16.7. The summed E-state index contributed by atoms with van der Waals surface area (Å²) in [6.07, 6.45) is 57.8. The Balaban J connectivity index is 4.43. The summed E-state index contributed by atoms with van der Waals surface area (Å²) in [6, 6.07) is 0. The first-order valence-corrected chi connectivity index (χ1v) is 24.8. The molecule has 0 aliphatic carbocycles. The largest absolute Gasteiger partial charge is 0.462 e. The van der Waals surface area contributed by atoms with Crippen LogP contribution in [0, 0.1) is 0 Å². The second-order valence-electron chi connectivity index (χ2n) is 16.4. The molecule has 0 heterocycles. The zero-order chi connectivity index (χ0) is 43.0. The number of allylic oxidation sites excluding steroid dienone is 10. The third-order valence-corrected chi connectivity index (χ3v) is 10.5. The van der Waals surface area contributed by atoms with Crippen LogP contribution < -0.4 is 0 Å². The Hall–Kier alpha value is -2.89. The van der Waals surface area contributed by atoms with Crippen molar-refractivity contribution in [2.24, 2.45) is 0 Å². The van der Waals surface area contributed by atoms with Crippen molar-refractivity contribution in [2.75, 3.05) is 13.2 Å². The molecule has 0 aromatic heterocycles. The molecule has 0 fully saturated rings. The van der Waals surface area contributed by atoms with Crippen LogP contribution in [0.4, 0.5) is 0 Å². The van der Waals surface area contributed by atoms with Gasteiger partial charge in [-0.2, -0.15) is 0 Å². The van der Waals surface area contributed by atoms with Gasteiger partial charge in [0.25, 0.3) is 0 Å². The van der Waals surface area contributed by atoms with Gasteiger partial charge in [0, 0.05) is 19.3 Å². The second-order valence-corrected chi connectivity index (χ2v) is 16.4. The van der Waals surface area contributed by atoms with Crippen LogP contribution in [0.1, 0.15) is 239 Å². The molecule has 0 N–H and O–H groups in total. The summed E-state index contributed by atoms with van der Waals surface area (Å²) in [6.45, 7) is 6.47. The standard InChI is InChI=1S/C53H92O6/c1-4-7-10-13-16-19-22-24-26-27-28-30-31-34-37-40-43-46-52(55)58-49-50(48-57-51(54)45-42-39-36-33-21-18-15-12-9-6-3)59-53(56)47-44-41-38-35-32-29-25-23-20-17-14-11-8-5-2/h7,10,16,19,24,26,28,30,34,37,50H,4-6,8-9,11-15,17-18,20-23,25,27,29,31-33,35-36,38-49H2,1-3H3/b10-7-,19-16-,26-24-,30-28-,37-34-/t50-/m1/s1. The molecule has 340 valence electrons. The molecule has 0 unspecified atom stereocenters. The van der Waals surface area contributed by atoms with Gasteiger partial charge in [-0.3, -0.25) is 14.4 Å². The fourth-order valence-corrected chi connectivity index (χ4v) is 6.83. The Bertz CT molecular complexity index is 1090. The van der Waals surface area contributed by atoms with Crippen molar-refractivity contribution in [3.05, 3.63) is 60.8 Å². The molecule has 6 nitrogen and oxygen atoms in total. The van der Waals surface area contributed by atoms with Crippen LogP contribution in [-0.2, 0) is 28.6 Å². The Morgan fingerprint density at radius 2 is 0.661 bits per heavy atom. The highest BCUT2D eigenvalue weighted by molar-refractivity contribution is 5.71. The molecule has 0 amide bonds. The summed E-state index contributed by atoms with van der Waals surface area (Å²) in [4.78, 5) is 37.8. The van der Waals surface area contributed by atoms with Crippen LogP contribution in [0.2, 0.25) is 0 Å². The van der Waals surface area contributed by atoms with Crippen molar-refractivity contribution in [1.82, 2.24) is 0 Å². The van der Waals surface area contributed by atoms with Gasteiger partial charge in [0.05, 0.1) is 0 Å². The van der Waals surface area contributed by atoms with Crippen LogP contribution in [0.25, 0.3) is 0 Å². The van der Waals surface area contributed by atoms with E-state index in [-0.39, 0.29) is 37.5 Å². The van der Waals surface area contributed by atoms with Gasteiger partial charge < -0.3 is 14.2 Å². The van der Waals surface area contributed by atoms with Crippen molar-refractivity contribution in [3.8, 4) is 0 Å². The molecule has 0 radical (unpaired) electrons. The molecule has 0 saturated carbocycles. The molecule has 0 aromatic carbocycles. The van der Waals surface area contributed by atoms with E-state index in [9.17, 15) is 14.4 Å². The van der Waals surface area contributed by atoms with Crippen molar-refractivity contribution in [2.45, 2.75) is 245 Å². The van der Waals surface area contributed by atoms with Gasteiger partial charge in [0.15, 0.2) is 6.10 Å². The van der Waals surface area contributed by atoms with Crippen LogP contribution in [0.3, 0.4) is 0 Å². The fourth-order valence-electron chi connectivity index (χ4n) is 6.83. The number of ether oxygens (including phenoxy) is 3. The quantitative estimate of drug-likeness (QED) is 0.0263. The first-order valence-electron chi connectivity index (χ1n) is 24.8. The fraction of sp³-hybridized carbons (Fsp3) is 0.755. The van der Waals surface area contributed by atoms with Gasteiger partial charge in [-0.15, -0.1) is 0 Å². The lowest BCUT2D eigenvalue weighted by Crippen LogP contribution is -2.30. The van der Waals surface area contributed by atoms with Gasteiger partial charge in [0.2, 0.25) is 0 Å². The zero-order valence-corrected chi connectivity index (χ0v) is 38.8. The summed E-state index contributed by atoms with van der Waals surface area (Å²) in [5.41, 5.74) is 0. The minimum atomic E-state index is -0.791. The van der Waals surface area contributed by atoms with Crippen molar-refractivity contribution in [1.29, 1.82) is 0 Å². The predicted molar refractivity (Wildman–Crippen MR) is 251 cm³/mol. The number of rotatable bonds is 44. The Morgan fingerprint density at radius 1 is 0.356 bits per heavy atom. The summed E-state index contributed by atoms with van der Waals surface area (Å²) in [5, 5.41) is 0. The monoisotopic (exact) mass is 825 g/mol. The first-order chi connectivity index (χ1) is 29.0. The van der Waals surface area contributed by atoms with Crippen molar-refractivity contribution in [3.63, 3.8) is 0 Å². The van der Waals surface area contributed by atoms with Crippen molar-refractivity contribution < 1.29 is 28.6 Å². The number of hydrogen-bond donors (Lipinski definition) is 0. The van der Waals surface area contributed by atoms with E-state index < -0.39 is 6.10 Å². The number of hydrogen-bond acceptors (Lipinski definition) is 6. The molecule has 0 saturated heterocycles. The van der Waals surface area contributed by atoms with Crippen molar-refractivity contribution >= 4 is 17.9 Å².